The van der Waals surface area contributed by atoms with Gasteiger partial charge in [0.25, 0.3) is 0 Å². The summed E-state index contributed by atoms with van der Waals surface area (Å²) in [5, 5.41) is 2.80. The Balaban J connectivity index is 1.39. The van der Waals surface area contributed by atoms with Crippen LogP contribution in [-0.4, -0.2) is 36.3 Å². The summed E-state index contributed by atoms with van der Waals surface area (Å²) in [7, 11) is 0. The maximum Gasteiger partial charge on any atom is 0.224 e. The number of nitrogens with zero attached hydrogens (tertiary/aromatic N) is 1. The van der Waals surface area contributed by atoms with Crippen LogP contribution in [0, 0.1) is 5.82 Å². The lowest BCUT2D eigenvalue weighted by atomic mass is 10.1. The first-order valence-electron chi connectivity index (χ1n) is 10.0. The summed E-state index contributed by atoms with van der Waals surface area (Å²) >= 11 is 0. The van der Waals surface area contributed by atoms with Crippen LogP contribution < -0.4 is 5.32 Å². The Morgan fingerprint density at radius 3 is 2.50 bits per heavy atom. The number of halogens is 1. The van der Waals surface area contributed by atoms with E-state index in [-0.39, 0.29) is 24.1 Å². The highest BCUT2D eigenvalue weighted by molar-refractivity contribution is 5.79. The van der Waals surface area contributed by atoms with Crippen molar-refractivity contribution in [2.75, 3.05) is 19.6 Å². The summed E-state index contributed by atoms with van der Waals surface area (Å²) < 4.78 is 19.5. The van der Waals surface area contributed by atoms with Crippen molar-refractivity contribution in [1.82, 2.24) is 10.2 Å². The number of furan rings is 1. The molecule has 1 N–H and O–H groups in total. The zero-order valence-corrected chi connectivity index (χ0v) is 16.1. The van der Waals surface area contributed by atoms with Crippen molar-refractivity contribution < 1.29 is 18.4 Å². The number of hydrogen-bond acceptors (Lipinski definition) is 3. The number of carbonyl (C=O) groups is 2. The van der Waals surface area contributed by atoms with Crippen molar-refractivity contribution in [2.45, 2.75) is 44.9 Å². The number of benzene rings is 1. The predicted octanol–water partition coefficient (Wildman–Crippen LogP) is 3.93. The third kappa shape index (κ3) is 5.68. The Bertz CT molecular complexity index is 795. The first-order chi connectivity index (χ1) is 13.6. The van der Waals surface area contributed by atoms with Gasteiger partial charge < -0.3 is 14.6 Å². The van der Waals surface area contributed by atoms with E-state index in [0.717, 1.165) is 25.9 Å². The molecule has 2 amide bonds. The number of nitrogens with one attached hydrogen (secondary N) is 1. The lowest BCUT2D eigenvalue weighted by Gasteiger charge is -2.20. The summed E-state index contributed by atoms with van der Waals surface area (Å²) in [6.45, 7) is 2.01. The van der Waals surface area contributed by atoms with Gasteiger partial charge in [-0.25, -0.2) is 4.39 Å². The van der Waals surface area contributed by atoms with E-state index in [1.165, 1.54) is 18.9 Å². The first kappa shape index (κ1) is 20.1. The minimum atomic E-state index is -0.338. The lowest BCUT2D eigenvalue weighted by molar-refractivity contribution is -0.131. The van der Waals surface area contributed by atoms with Gasteiger partial charge in [-0.15, -0.1) is 0 Å². The van der Waals surface area contributed by atoms with Crippen molar-refractivity contribution in [3.63, 3.8) is 0 Å². The molecule has 3 rings (SSSR count). The molecule has 2 aromatic rings. The van der Waals surface area contributed by atoms with E-state index in [4.69, 9.17) is 4.42 Å². The zero-order valence-electron chi connectivity index (χ0n) is 16.1. The molecule has 2 heterocycles. The van der Waals surface area contributed by atoms with Crippen molar-refractivity contribution >= 4 is 11.8 Å². The van der Waals surface area contributed by atoms with E-state index >= 15 is 0 Å². The third-order valence-electron chi connectivity index (χ3n) is 5.02. The number of carbonyl (C=O) groups excluding carboxylic acids is 2. The van der Waals surface area contributed by atoms with Crippen LogP contribution in [-0.2, 0) is 16.0 Å². The van der Waals surface area contributed by atoms with Gasteiger partial charge in [-0.05, 0) is 37.1 Å². The van der Waals surface area contributed by atoms with Crippen LogP contribution in [0.15, 0.2) is 40.8 Å². The van der Waals surface area contributed by atoms with Crippen molar-refractivity contribution in [3.05, 3.63) is 48.0 Å². The molecule has 0 spiro atoms. The molecule has 0 saturated carbocycles. The molecule has 6 heteroatoms. The summed E-state index contributed by atoms with van der Waals surface area (Å²) in [6.07, 6.45) is 5.54. The summed E-state index contributed by atoms with van der Waals surface area (Å²) in [4.78, 5) is 26.1. The Hall–Kier alpha value is -2.63. The summed E-state index contributed by atoms with van der Waals surface area (Å²) in [5.74, 6) is 0.746. The molecule has 150 valence electrons. The second kappa shape index (κ2) is 10.1. The number of likely N-dealkylation sites (tertiary alicyclic amines) is 1. The maximum absolute atomic E-state index is 13.8. The highest BCUT2D eigenvalue weighted by Gasteiger charge is 2.15. The Morgan fingerprint density at radius 1 is 1.00 bits per heavy atom. The van der Waals surface area contributed by atoms with E-state index in [1.54, 1.807) is 30.3 Å². The molecule has 1 fully saturated rings. The number of rotatable bonds is 7. The number of amides is 2. The molecule has 1 aliphatic rings. The van der Waals surface area contributed by atoms with Crippen molar-refractivity contribution in [1.29, 1.82) is 0 Å². The van der Waals surface area contributed by atoms with E-state index in [0.29, 0.717) is 36.5 Å². The zero-order chi connectivity index (χ0) is 19.8. The van der Waals surface area contributed by atoms with Crippen LogP contribution in [0.3, 0.4) is 0 Å². The van der Waals surface area contributed by atoms with E-state index in [9.17, 15) is 14.0 Å². The molecule has 5 nitrogen and oxygen atoms in total. The first-order valence-corrected chi connectivity index (χ1v) is 10.0. The van der Waals surface area contributed by atoms with Gasteiger partial charge in [0.2, 0.25) is 11.8 Å². The Morgan fingerprint density at radius 2 is 1.75 bits per heavy atom. The Kier molecular flexibility index (Phi) is 7.23. The van der Waals surface area contributed by atoms with Gasteiger partial charge in [-0.3, -0.25) is 9.59 Å². The fourth-order valence-electron chi connectivity index (χ4n) is 3.43. The highest BCUT2D eigenvalue weighted by atomic mass is 19.1. The standard InChI is InChI=1S/C22H27FN2O3/c23-19-8-4-3-7-18(19)20-11-9-17(28-20)10-12-21(26)24-14-13-22(27)25-15-5-1-2-6-16-25/h3-4,7-9,11H,1-2,5-6,10,12-16H2,(H,24,26). The van der Waals surface area contributed by atoms with Gasteiger partial charge in [-0.2, -0.15) is 0 Å². The highest BCUT2D eigenvalue weighted by Crippen LogP contribution is 2.25. The lowest BCUT2D eigenvalue weighted by Crippen LogP contribution is -2.35. The number of hydrogen-bond donors (Lipinski definition) is 1. The molecule has 0 bridgehead atoms. The second-order valence-corrected chi connectivity index (χ2v) is 7.14. The SMILES string of the molecule is O=C(CCc1ccc(-c2ccccc2F)o1)NCCC(=O)N1CCCCCC1. The van der Waals surface area contributed by atoms with Gasteiger partial charge >= 0.3 is 0 Å². The topological polar surface area (TPSA) is 62.6 Å². The van der Waals surface area contributed by atoms with Gasteiger partial charge in [-0.1, -0.05) is 25.0 Å². The van der Waals surface area contributed by atoms with Crippen LogP contribution in [0.2, 0.25) is 0 Å². The number of aryl methyl sites for hydroxylation is 1. The fraction of sp³-hybridized carbons (Fsp3) is 0.455. The molecule has 0 atom stereocenters. The van der Waals surface area contributed by atoms with Crippen molar-refractivity contribution in [2.24, 2.45) is 0 Å². The van der Waals surface area contributed by atoms with Crippen LogP contribution >= 0.6 is 0 Å². The smallest absolute Gasteiger partial charge is 0.224 e. The summed E-state index contributed by atoms with van der Waals surface area (Å²) in [6, 6.07) is 9.90. The molecule has 1 aromatic carbocycles. The predicted molar refractivity (Wildman–Crippen MR) is 105 cm³/mol. The van der Waals surface area contributed by atoms with Gasteiger partial charge in [0, 0.05) is 38.9 Å². The average Bonchev–Trinajstić information content (AvgIpc) is 2.99. The molecule has 0 unspecified atom stereocenters. The normalized spacial score (nSPS) is 14.5. The molecule has 1 aromatic heterocycles. The molecule has 0 aliphatic carbocycles. The molecule has 0 radical (unpaired) electrons. The second-order valence-electron chi connectivity index (χ2n) is 7.14. The minimum absolute atomic E-state index is 0.114. The van der Waals surface area contributed by atoms with E-state index in [1.807, 2.05) is 4.90 Å². The van der Waals surface area contributed by atoms with Gasteiger partial charge in [0.05, 0.1) is 5.56 Å². The van der Waals surface area contributed by atoms with Crippen molar-refractivity contribution in [3.8, 4) is 11.3 Å². The molecule has 1 saturated heterocycles. The van der Waals surface area contributed by atoms with E-state index in [2.05, 4.69) is 5.32 Å². The maximum atomic E-state index is 13.8. The third-order valence-corrected chi connectivity index (χ3v) is 5.02. The summed E-state index contributed by atoms with van der Waals surface area (Å²) in [5.41, 5.74) is 0.408. The largest absolute Gasteiger partial charge is 0.461 e. The monoisotopic (exact) mass is 386 g/mol. The van der Waals surface area contributed by atoms with Crippen LogP contribution in [0.4, 0.5) is 4.39 Å². The molecular weight excluding hydrogens is 359 g/mol. The molecular formula is C22H27FN2O3. The van der Waals surface area contributed by atoms with Crippen LogP contribution in [0.1, 0.15) is 44.3 Å². The Labute approximate surface area is 164 Å². The quantitative estimate of drug-likeness (QED) is 0.784. The minimum Gasteiger partial charge on any atom is -0.461 e. The van der Waals surface area contributed by atoms with Gasteiger partial charge in [0.15, 0.2) is 0 Å². The fourth-order valence-corrected chi connectivity index (χ4v) is 3.43. The van der Waals surface area contributed by atoms with Crippen LogP contribution in [0.25, 0.3) is 11.3 Å². The average molecular weight is 386 g/mol. The molecule has 28 heavy (non-hydrogen) atoms. The van der Waals surface area contributed by atoms with Gasteiger partial charge in [0.1, 0.15) is 17.3 Å². The van der Waals surface area contributed by atoms with Crippen LogP contribution in [0.5, 0.6) is 0 Å². The molecule has 1 aliphatic heterocycles. The van der Waals surface area contributed by atoms with E-state index < -0.39 is 0 Å².